The number of nitrogens with zero attached hydrogens (tertiary/aromatic N) is 2. The van der Waals surface area contributed by atoms with E-state index in [2.05, 4.69) is 5.10 Å². The lowest BCUT2D eigenvalue weighted by Crippen LogP contribution is -2.13. The van der Waals surface area contributed by atoms with Gasteiger partial charge in [0.15, 0.2) is 5.78 Å². The van der Waals surface area contributed by atoms with Crippen molar-refractivity contribution in [1.29, 1.82) is 0 Å². The van der Waals surface area contributed by atoms with Crippen molar-refractivity contribution in [2.24, 2.45) is 7.05 Å². The van der Waals surface area contributed by atoms with Crippen molar-refractivity contribution in [1.82, 2.24) is 9.78 Å². The summed E-state index contributed by atoms with van der Waals surface area (Å²) in [4.78, 5) is 23.6. The van der Waals surface area contributed by atoms with Gasteiger partial charge in [-0.3, -0.25) is 14.3 Å². The van der Waals surface area contributed by atoms with Crippen molar-refractivity contribution in [2.45, 2.75) is 19.8 Å². The molecule has 6 heteroatoms. The minimum Gasteiger partial charge on any atom is -0.466 e. The molecule has 0 saturated heterocycles. The highest BCUT2D eigenvalue weighted by atomic mass is 19.1. The first-order valence-electron chi connectivity index (χ1n) is 6.95. The minimum atomic E-state index is -0.574. The maximum Gasteiger partial charge on any atom is 0.313 e. The lowest BCUT2D eigenvalue weighted by atomic mass is 10.0. The summed E-state index contributed by atoms with van der Waals surface area (Å²) in [7, 11) is 1.69. The Bertz CT molecular complexity index is 694. The fourth-order valence-corrected chi connectivity index (χ4v) is 2.20. The molecule has 1 heterocycles. The van der Waals surface area contributed by atoms with Gasteiger partial charge in [-0.05, 0) is 24.6 Å². The van der Waals surface area contributed by atoms with Gasteiger partial charge in [0.1, 0.15) is 17.9 Å². The summed E-state index contributed by atoms with van der Waals surface area (Å²) in [6.45, 7) is 1.91. The Balaban J connectivity index is 2.19. The van der Waals surface area contributed by atoms with Gasteiger partial charge in [-0.15, -0.1) is 0 Å². The van der Waals surface area contributed by atoms with Crippen molar-refractivity contribution in [3.63, 3.8) is 0 Å². The van der Waals surface area contributed by atoms with E-state index in [0.717, 1.165) is 5.56 Å². The summed E-state index contributed by atoms with van der Waals surface area (Å²) in [5, 5.41) is 4.11. The van der Waals surface area contributed by atoms with Crippen LogP contribution >= 0.6 is 0 Å². The third kappa shape index (κ3) is 4.00. The third-order valence-electron chi connectivity index (χ3n) is 3.06. The normalized spacial score (nSPS) is 10.5. The molecule has 0 bridgehead atoms. The van der Waals surface area contributed by atoms with Gasteiger partial charge in [0.2, 0.25) is 0 Å². The molecule has 0 atom stereocenters. The van der Waals surface area contributed by atoms with Crippen molar-refractivity contribution >= 4 is 11.8 Å². The number of hydrogen-bond donors (Lipinski definition) is 0. The second kappa shape index (κ2) is 6.98. The molecule has 116 valence electrons. The Kier molecular flexibility index (Phi) is 5.04. The maximum atomic E-state index is 13.2. The molecule has 22 heavy (non-hydrogen) atoms. The Morgan fingerprint density at radius 2 is 2.14 bits per heavy atom. The number of carbonyl (C=O) groups is 2. The first kappa shape index (κ1) is 15.9. The molecular formula is C16H17FN2O3. The second-order valence-corrected chi connectivity index (χ2v) is 4.89. The molecule has 0 radical (unpaired) electrons. The molecule has 0 fully saturated rings. The minimum absolute atomic E-state index is 0.222. The number of ether oxygens (including phenoxy) is 1. The second-order valence-electron chi connectivity index (χ2n) is 4.89. The van der Waals surface area contributed by atoms with Crippen LogP contribution in [0.3, 0.4) is 0 Å². The summed E-state index contributed by atoms with van der Waals surface area (Å²) >= 11 is 0. The predicted molar refractivity (Wildman–Crippen MR) is 78.0 cm³/mol. The van der Waals surface area contributed by atoms with Gasteiger partial charge in [-0.2, -0.15) is 5.10 Å². The third-order valence-corrected chi connectivity index (χ3v) is 3.06. The van der Waals surface area contributed by atoms with Gasteiger partial charge in [0.25, 0.3) is 0 Å². The first-order chi connectivity index (χ1) is 10.5. The number of benzene rings is 1. The van der Waals surface area contributed by atoms with E-state index < -0.39 is 11.8 Å². The van der Waals surface area contributed by atoms with Crippen LogP contribution in [0.5, 0.6) is 0 Å². The van der Waals surface area contributed by atoms with Crippen molar-refractivity contribution in [2.75, 3.05) is 6.61 Å². The molecule has 0 saturated carbocycles. The number of Topliss-reactive ketones (excluding diaryl/α,β-unsaturated/α-hetero) is 1. The van der Waals surface area contributed by atoms with Crippen LogP contribution in [-0.4, -0.2) is 28.1 Å². The summed E-state index contributed by atoms with van der Waals surface area (Å²) < 4.78 is 19.5. The molecule has 5 nitrogen and oxygen atoms in total. The number of rotatable bonds is 6. The average molecular weight is 304 g/mol. The van der Waals surface area contributed by atoms with Crippen LogP contribution in [0.15, 0.2) is 30.5 Å². The average Bonchev–Trinajstić information content (AvgIpc) is 2.80. The van der Waals surface area contributed by atoms with E-state index in [1.807, 2.05) is 0 Å². The van der Waals surface area contributed by atoms with E-state index in [1.54, 1.807) is 32.3 Å². The molecule has 0 unspecified atom stereocenters. The monoisotopic (exact) mass is 304 g/mol. The fourth-order valence-electron chi connectivity index (χ4n) is 2.20. The molecule has 0 aliphatic heterocycles. The van der Waals surface area contributed by atoms with Crippen molar-refractivity contribution in [3.8, 4) is 0 Å². The van der Waals surface area contributed by atoms with Crippen molar-refractivity contribution < 1.29 is 18.7 Å². The summed E-state index contributed by atoms with van der Waals surface area (Å²) in [5.74, 6) is -1.30. The highest BCUT2D eigenvalue weighted by Gasteiger charge is 2.20. The van der Waals surface area contributed by atoms with E-state index in [-0.39, 0.29) is 24.5 Å². The fraction of sp³-hybridized carbons (Fsp3) is 0.312. The van der Waals surface area contributed by atoms with Gasteiger partial charge in [-0.1, -0.05) is 12.1 Å². The number of aryl methyl sites for hydroxylation is 1. The summed E-state index contributed by atoms with van der Waals surface area (Å²) in [6.07, 6.45) is 1.72. The van der Waals surface area contributed by atoms with E-state index in [4.69, 9.17) is 4.74 Å². The Labute approximate surface area is 127 Å². The van der Waals surface area contributed by atoms with Gasteiger partial charge in [-0.25, -0.2) is 4.39 Å². The molecular weight excluding hydrogens is 287 g/mol. The van der Waals surface area contributed by atoms with Crippen LogP contribution in [0.2, 0.25) is 0 Å². The predicted octanol–water partition coefficient (Wildman–Crippen LogP) is 2.29. The van der Waals surface area contributed by atoms with Crippen LogP contribution in [-0.2, 0) is 23.0 Å². The van der Waals surface area contributed by atoms with Crippen LogP contribution in [0, 0.1) is 5.82 Å². The largest absolute Gasteiger partial charge is 0.466 e. The van der Waals surface area contributed by atoms with Gasteiger partial charge in [0, 0.05) is 25.2 Å². The van der Waals surface area contributed by atoms with Gasteiger partial charge >= 0.3 is 5.97 Å². The van der Waals surface area contributed by atoms with Gasteiger partial charge in [0.05, 0.1) is 6.61 Å². The molecule has 2 aromatic rings. The van der Waals surface area contributed by atoms with Gasteiger partial charge < -0.3 is 4.74 Å². The Morgan fingerprint density at radius 1 is 1.36 bits per heavy atom. The first-order valence-corrected chi connectivity index (χ1v) is 6.95. The van der Waals surface area contributed by atoms with E-state index in [9.17, 15) is 14.0 Å². The number of ketones is 1. The molecule has 1 aromatic carbocycles. The molecule has 0 N–H and O–H groups in total. The number of halogens is 1. The lowest BCUT2D eigenvalue weighted by Gasteiger charge is -2.03. The molecule has 1 aromatic heterocycles. The topological polar surface area (TPSA) is 61.2 Å². The maximum absolute atomic E-state index is 13.2. The Hall–Kier alpha value is -2.50. The number of hydrogen-bond acceptors (Lipinski definition) is 4. The van der Waals surface area contributed by atoms with Crippen molar-refractivity contribution in [3.05, 3.63) is 53.1 Å². The van der Waals surface area contributed by atoms with Crippen LogP contribution < -0.4 is 0 Å². The zero-order valence-corrected chi connectivity index (χ0v) is 12.5. The van der Waals surface area contributed by atoms with Crippen LogP contribution in [0.1, 0.15) is 35.0 Å². The standard InChI is InChI=1S/C16H17FN2O3/c1-3-22-15(21)9-14(20)16-12(10-19(2)18-16)7-11-5-4-6-13(17)8-11/h4-6,8,10H,3,7,9H2,1-2H3. The summed E-state index contributed by atoms with van der Waals surface area (Å²) in [5.41, 5.74) is 1.61. The summed E-state index contributed by atoms with van der Waals surface area (Å²) in [6, 6.07) is 6.16. The number of carbonyl (C=O) groups excluding carboxylic acids is 2. The van der Waals surface area contributed by atoms with E-state index in [1.165, 1.54) is 16.8 Å². The molecule has 0 spiro atoms. The Morgan fingerprint density at radius 3 is 2.82 bits per heavy atom. The zero-order valence-electron chi connectivity index (χ0n) is 12.5. The quantitative estimate of drug-likeness (QED) is 0.467. The zero-order chi connectivity index (χ0) is 16.1. The number of aromatic nitrogens is 2. The highest BCUT2D eigenvalue weighted by molar-refractivity contribution is 6.05. The molecule has 0 aliphatic rings. The highest BCUT2D eigenvalue weighted by Crippen LogP contribution is 2.16. The van der Waals surface area contributed by atoms with Crippen LogP contribution in [0.25, 0.3) is 0 Å². The molecule has 0 aliphatic carbocycles. The number of esters is 1. The molecule has 2 rings (SSSR count). The molecule has 0 amide bonds. The van der Waals surface area contributed by atoms with E-state index >= 15 is 0 Å². The smallest absolute Gasteiger partial charge is 0.313 e. The SMILES string of the molecule is CCOC(=O)CC(=O)c1nn(C)cc1Cc1cccc(F)c1. The van der Waals surface area contributed by atoms with E-state index in [0.29, 0.717) is 12.0 Å². The van der Waals surface area contributed by atoms with Crippen LogP contribution in [0.4, 0.5) is 4.39 Å². The lowest BCUT2D eigenvalue weighted by molar-refractivity contribution is -0.141.